The molecule has 7 heteroatoms. The quantitative estimate of drug-likeness (QED) is 0.588. The fourth-order valence-electron chi connectivity index (χ4n) is 2.55. The third kappa shape index (κ3) is 5.23. The number of carbonyl (C=O) groups excluding carboxylic acids is 1. The first-order valence-corrected chi connectivity index (χ1v) is 9.67. The lowest BCUT2D eigenvalue weighted by Gasteiger charge is -2.09. The molecular weight excluding hydrogens is 374 g/mol. The lowest BCUT2D eigenvalue weighted by atomic mass is 10.1. The lowest BCUT2D eigenvalue weighted by Crippen LogP contribution is -2.24. The Morgan fingerprint density at radius 3 is 2.43 bits per heavy atom. The van der Waals surface area contributed by atoms with E-state index in [1.54, 1.807) is 14.2 Å². The zero-order valence-electron chi connectivity index (χ0n) is 15.7. The molecule has 144 valence electrons. The standard InChI is InChI=1S/C21H21N3O3S/c1-26-17-9-7-15(8-10-17)18-11-12-21(24-23-18)28-14-20(25)22-13-16-5-3-4-6-19(16)27-2/h3-12H,13-14H2,1-2H3,(H,22,25). The number of ether oxygens (including phenoxy) is 2. The highest BCUT2D eigenvalue weighted by molar-refractivity contribution is 7.99. The summed E-state index contributed by atoms with van der Waals surface area (Å²) in [6.07, 6.45) is 0. The van der Waals surface area contributed by atoms with Crippen molar-refractivity contribution in [2.75, 3.05) is 20.0 Å². The summed E-state index contributed by atoms with van der Waals surface area (Å²) in [5.41, 5.74) is 2.67. The summed E-state index contributed by atoms with van der Waals surface area (Å²) in [7, 11) is 3.25. The average molecular weight is 395 g/mol. The van der Waals surface area contributed by atoms with Gasteiger partial charge in [0.15, 0.2) is 0 Å². The molecule has 28 heavy (non-hydrogen) atoms. The zero-order valence-corrected chi connectivity index (χ0v) is 16.5. The summed E-state index contributed by atoms with van der Waals surface area (Å²) in [4.78, 5) is 12.1. The van der Waals surface area contributed by atoms with Crippen LogP contribution < -0.4 is 14.8 Å². The zero-order chi connectivity index (χ0) is 19.8. The van der Waals surface area contributed by atoms with Crippen LogP contribution in [0.15, 0.2) is 65.7 Å². The second-order valence-electron chi connectivity index (χ2n) is 5.86. The number of benzene rings is 2. The summed E-state index contributed by atoms with van der Waals surface area (Å²) in [5.74, 6) is 1.75. The van der Waals surface area contributed by atoms with Crippen molar-refractivity contribution in [3.63, 3.8) is 0 Å². The molecule has 0 bridgehead atoms. The summed E-state index contributed by atoms with van der Waals surface area (Å²) < 4.78 is 10.4. The molecule has 6 nitrogen and oxygen atoms in total. The van der Waals surface area contributed by atoms with Crippen molar-refractivity contribution in [1.82, 2.24) is 15.5 Å². The maximum atomic E-state index is 12.1. The van der Waals surface area contributed by atoms with Crippen molar-refractivity contribution in [3.8, 4) is 22.8 Å². The van der Waals surface area contributed by atoms with E-state index < -0.39 is 0 Å². The van der Waals surface area contributed by atoms with Crippen LogP contribution in [0.25, 0.3) is 11.3 Å². The Bertz CT molecular complexity index is 915. The second-order valence-corrected chi connectivity index (χ2v) is 6.86. The highest BCUT2D eigenvalue weighted by Gasteiger charge is 2.07. The van der Waals surface area contributed by atoms with Crippen LogP contribution in [0.3, 0.4) is 0 Å². The van der Waals surface area contributed by atoms with Gasteiger partial charge in [0.05, 0.1) is 25.7 Å². The van der Waals surface area contributed by atoms with E-state index in [4.69, 9.17) is 9.47 Å². The molecule has 0 atom stereocenters. The number of methoxy groups -OCH3 is 2. The Labute approximate surface area is 168 Å². The van der Waals surface area contributed by atoms with Crippen molar-refractivity contribution in [3.05, 3.63) is 66.2 Å². The van der Waals surface area contributed by atoms with Gasteiger partial charge in [-0.15, -0.1) is 10.2 Å². The molecule has 0 unspecified atom stereocenters. The van der Waals surface area contributed by atoms with Gasteiger partial charge < -0.3 is 14.8 Å². The Kier molecular flexibility index (Phi) is 6.86. The Balaban J connectivity index is 1.50. The van der Waals surface area contributed by atoms with Gasteiger partial charge in [-0.25, -0.2) is 0 Å². The molecule has 2 aromatic carbocycles. The maximum absolute atomic E-state index is 12.1. The average Bonchev–Trinajstić information content (AvgIpc) is 2.77. The van der Waals surface area contributed by atoms with Gasteiger partial charge in [0.25, 0.3) is 0 Å². The number of thioether (sulfide) groups is 1. The first kappa shape index (κ1) is 19.7. The molecule has 3 aromatic rings. The number of rotatable bonds is 8. The van der Waals surface area contributed by atoms with Crippen molar-refractivity contribution in [2.45, 2.75) is 11.6 Å². The van der Waals surface area contributed by atoms with E-state index in [0.29, 0.717) is 11.6 Å². The third-order valence-corrected chi connectivity index (χ3v) is 4.97. The van der Waals surface area contributed by atoms with Gasteiger partial charge in [0.1, 0.15) is 16.5 Å². The van der Waals surface area contributed by atoms with Crippen molar-refractivity contribution in [1.29, 1.82) is 0 Å². The van der Waals surface area contributed by atoms with Gasteiger partial charge in [-0.2, -0.15) is 0 Å². The number of carbonyl (C=O) groups is 1. The van der Waals surface area contributed by atoms with Crippen LogP contribution in [0.4, 0.5) is 0 Å². The van der Waals surface area contributed by atoms with Gasteiger partial charge in [0.2, 0.25) is 5.91 Å². The molecule has 0 aliphatic heterocycles. The number of aromatic nitrogens is 2. The van der Waals surface area contributed by atoms with Gasteiger partial charge in [-0.3, -0.25) is 4.79 Å². The molecule has 1 N–H and O–H groups in total. The van der Waals surface area contributed by atoms with E-state index in [9.17, 15) is 4.79 Å². The Morgan fingerprint density at radius 2 is 1.75 bits per heavy atom. The largest absolute Gasteiger partial charge is 0.497 e. The van der Waals surface area contributed by atoms with Crippen molar-refractivity contribution < 1.29 is 14.3 Å². The van der Waals surface area contributed by atoms with Crippen LogP contribution in [0.5, 0.6) is 11.5 Å². The van der Waals surface area contributed by atoms with Crippen molar-refractivity contribution in [2.24, 2.45) is 0 Å². The first-order valence-electron chi connectivity index (χ1n) is 8.69. The summed E-state index contributed by atoms with van der Waals surface area (Å²) in [5, 5.41) is 12.0. The SMILES string of the molecule is COc1ccc(-c2ccc(SCC(=O)NCc3ccccc3OC)nn2)cc1. The number of nitrogens with zero attached hydrogens (tertiary/aromatic N) is 2. The number of hydrogen-bond donors (Lipinski definition) is 1. The smallest absolute Gasteiger partial charge is 0.230 e. The summed E-state index contributed by atoms with van der Waals surface area (Å²) in [6, 6.07) is 19.0. The molecule has 0 fully saturated rings. The maximum Gasteiger partial charge on any atom is 0.230 e. The topological polar surface area (TPSA) is 73.3 Å². The molecule has 0 saturated carbocycles. The molecule has 1 amide bonds. The molecule has 1 aromatic heterocycles. The lowest BCUT2D eigenvalue weighted by molar-refractivity contribution is -0.118. The molecular formula is C21H21N3O3S. The third-order valence-electron chi connectivity index (χ3n) is 4.05. The fourth-order valence-corrected chi connectivity index (χ4v) is 3.19. The van der Waals surface area contributed by atoms with Gasteiger partial charge in [-0.05, 0) is 42.5 Å². The van der Waals surface area contributed by atoms with Crippen LogP contribution in [0.1, 0.15) is 5.56 Å². The number of hydrogen-bond acceptors (Lipinski definition) is 6. The minimum Gasteiger partial charge on any atom is -0.497 e. The van der Waals surface area contributed by atoms with Crippen LogP contribution in [-0.2, 0) is 11.3 Å². The number of nitrogens with one attached hydrogen (secondary N) is 1. The monoisotopic (exact) mass is 395 g/mol. The Morgan fingerprint density at radius 1 is 0.964 bits per heavy atom. The van der Waals surface area contributed by atoms with Crippen LogP contribution in [0, 0.1) is 0 Å². The van der Waals surface area contributed by atoms with E-state index in [-0.39, 0.29) is 11.7 Å². The molecule has 1 heterocycles. The molecule has 0 radical (unpaired) electrons. The van der Waals surface area contributed by atoms with Gasteiger partial charge in [0, 0.05) is 17.7 Å². The Hall–Kier alpha value is -3.06. The predicted molar refractivity (Wildman–Crippen MR) is 110 cm³/mol. The minimum absolute atomic E-state index is 0.0723. The predicted octanol–water partition coefficient (Wildman–Crippen LogP) is 3.57. The molecule has 0 aliphatic carbocycles. The van der Waals surface area contributed by atoms with Crippen LogP contribution in [0.2, 0.25) is 0 Å². The highest BCUT2D eigenvalue weighted by atomic mass is 32.2. The normalized spacial score (nSPS) is 10.4. The van der Waals surface area contributed by atoms with E-state index in [0.717, 1.165) is 28.3 Å². The highest BCUT2D eigenvalue weighted by Crippen LogP contribution is 2.22. The molecule has 3 rings (SSSR count). The van der Waals surface area contributed by atoms with E-state index in [2.05, 4.69) is 15.5 Å². The summed E-state index contributed by atoms with van der Waals surface area (Å²) in [6.45, 7) is 0.422. The van der Waals surface area contributed by atoms with Crippen molar-refractivity contribution >= 4 is 17.7 Å². The van der Waals surface area contributed by atoms with E-state index in [1.165, 1.54) is 11.8 Å². The second kappa shape index (κ2) is 9.75. The molecule has 0 saturated heterocycles. The van der Waals surface area contributed by atoms with Gasteiger partial charge in [-0.1, -0.05) is 30.0 Å². The van der Waals surface area contributed by atoms with E-state index in [1.807, 2.05) is 60.7 Å². The first-order chi connectivity index (χ1) is 13.7. The van der Waals surface area contributed by atoms with E-state index >= 15 is 0 Å². The molecule has 0 spiro atoms. The number of amides is 1. The summed E-state index contributed by atoms with van der Waals surface area (Å²) >= 11 is 1.35. The fraction of sp³-hybridized carbons (Fsp3) is 0.190. The minimum atomic E-state index is -0.0723. The number of para-hydroxylation sites is 1. The van der Waals surface area contributed by atoms with Crippen LogP contribution in [-0.4, -0.2) is 36.1 Å². The van der Waals surface area contributed by atoms with Gasteiger partial charge >= 0.3 is 0 Å². The molecule has 0 aliphatic rings. The van der Waals surface area contributed by atoms with Crippen LogP contribution >= 0.6 is 11.8 Å².